The van der Waals surface area contributed by atoms with Crippen LogP contribution >= 0.6 is 0 Å². The zero-order valence-electron chi connectivity index (χ0n) is 7.09. The number of nitrogens with zero attached hydrogens (tertiary/aromatic N) is 4. The van der Waals surface area contributed by atoms with Gasteiger partial charge in [0, 0.05) is 0 Å². The molecule has 1 aliphatic carbocycles. The highest BCUT2D eigenvalue weighted by Crippen LogP contribution is 2.27. The van der Waals surface area contributed by atoms with Crippen LogP contribution in [0.25, 0.3) is 0 Å². The van der Waals surface area contributed by atoms with Crippen molar-refractivity contribution in [3.05, 3.63) is 16.3 Å². The first-order valence-corrected chi connectivity index (χ1v) is 4.30. The maximum atomic E-state index is 10.3. The molecule has 0 unspecified atom stereocenters. The molecule has 70 valence electrons. The second-order valence-corrected chi connectivity index (χ2v) is 3.31. The molecule has 0 amide bonds. The molecular weight excluding hydrogens is 172 g/mol. The van der Waals surface area contributed by atoms with E-state index in [4.69, 9.17) is 0 Å². The molecule has 1 aliphatic rings. The number of aromatic nitrogens is 3. The lowest BCUT2D eigenvalue weighted by Gasteiger charge is -2.22. The molecule has 6 nitrogen and oxygen atoms in total. The molecule has 1 heterocycles. The fourth-order valence-corrected chi connectivity index (χ4v) is 1.37. The van der Waals surface area contributed by atoms with Crippen molar-refractivity contribution in [3.63, 3.8) is 0 Å². The lowest BCUT2D eigenvalue weighted by atomic mass is 9.86. The van der Waals surface area contributed by atoms with Gasteiger partial charge in [0.05, 0.1) is 11.6 Å². The lowest BCUT2D eigenvalue weighted by Crippen LogP contribution is -2.19. The molecule has 0 saturated heterocycles. The van der Waals surface area contributed by atoms with Gasteiger partial charge in [-0.1, -0.05) is 11.2 Å². The highest BCUT2D eigenvalue weighted by Gasteiger charge is 2.21. The Kier molecular flexibility index (Phi) is 1.96. The van der Waals surface area contributed by atoms with E-state index in [1.165, 1.54) is 30.3 Å². The summed E-state index contributed by atoms with van der Waals surface area (Å²) in [4.78, 5) is 11.2. The molecule has 0 bridgehead atoms. The summed E-state index contributed by atoms with van der Waals surface area (Å²) in [6.07, 6.45) is 4.83. The van der Waals surface area contributed by atoms with Crippen LogP contribution in [0.2, 0.25) is 0 Å². The molecule has 13 heavy (non-hydrogen) atoms. The molecular formula is C7H10N4O2. The van der Waals surface area contributed by atoms with Crippen LogP contribution in [0.15, 0.2) is 6.20 Å². The standard InChI is InChI=1S/C7H10N4O2/c12-11(13)7-4-8-10(9-7)5-6-2-1-3-6/h4,6H,1-3,5H2. The van der Waals surface area contributed by atoms with Crippen LogP contribution in [0.5, 0.6) is 0 Å². The van der Waals surface area contributed by atoms with Gasteiger partial charge in [0.1, 0.15) is 0 Å². The lowest BCUT2D eigenvalue weighted by molar-refractivity contribution is -0.389. The Morgan fingerprint density at radius 2 is 2.46 bits per heavy atom. The van der Waals surface area contributed by atoms with Crippen LogP contribution in [0, 0.1) is 16.0 Å². The van der Waals surface area contributed by atoms with Crippen LogP contribution in [0.3, 0.4) is 0 Å². The highest BCUT2D eigenvalue weighted by molar-refractivity contribution is 5.07. The maximum absolute atomic E-state index is 10.3. The minimum atomic E-state index is -0.524. The van der Waals surface area contributed by atoms with E-state index in [1.54, 1.807) is 0 Å². The molecule has 0 atom stereocenters. The van der Waals surface area contributed by atoms with E-state index in [2.05, 4.69) is 10.2 Å². The van der Waals surface area contributed by atoms with Crippen LogP contribution in [-0.2, 0) is 6.54 Å². The van der Waals surface area contributed by atoms with E-state index in [0.717, 1.165) is 0 Å². The Hall–Kier alpha value is -1.46. The molecule has 0 aliphatic heterocycles. The average molecular weight is 182 g/mol. The van der Waals surface area contributed by atoms with Crippen LogP contribution in [-0.4, -0.2) is 19.9 Å². The normalized spacial score (nSPS) is 16.9. The van der Waals surface area contributed by atoms with Gasteiger partial charge in [0.2, 0.25) is 0 Å². The minimum Gasteiger partial charge on any atom is -0.358 e. The van der Waals surface area contributed by atoms with Gasteiger partial charge in [0.25, 0.3) is 0 Å². The zero-order valence-corrected chi connectivity index (χ0v) is 7.09. The Morgan fingerprint density at radius 3 is 2.92 bits per heavy atom. The summed E-state index contributed by atoms with van der Waals surface area (Å²) < 4.78 is 0. The van der Waals surface area contributed by atoms with E-state index >= 15 is 0 Å². The van der Waals surface area contributed by atoms with Crippen molar-refractivity contribution in [2.45, 2.75) is 25.8 Å². The maximum Gasteiger partial charge on any atom is 0.410 e. The molecule has 6 heteroatoms. The zero-order chi connectivity index (χ0) is 9.26. The Morgan fingerprint density at radius 1 is 1.69 bits per heavy atom. The Bertz CT molecular complexity index is 318. The molecule has 2 rings (SSSR count). The van der Waals surface area contributed by atoms with Gasteiger partial charge < -0.3 is 10.1 Å². The fourth-order valence-electron chi connectivity index (χ4n) is 1.37. The molecule has 1 saturated carbocycles. The monoisotopic (exact) mass is 182 g/mol. The largest absolute Gasteiger partial charge is 0.410 e. The molecule has 0 N–H and O–H groups in total. The van der Waals surface area contributed by atoms with E-state index in [1.807, 2.05) is 0 Å². The third kappa shape index (κ3) is 1.66. The summed E-state index contributed by atoms with van der Waals surface area (Å²) in [6.45, 7) is 0.716. The smallest absolute Gasteiger partial charge is 0.358 e. The second kappa shape index (κ2) is 3.12. The molecule has 1 fully saturated rings. The number of rotatable bonds is 3. The third-order valence-electron chi connectivity index (χ3n) is 2.36. The molecule has 1 aromatic heterocycles. The van der Waals surface area contributed by atoms with Crippen molar-refractivity contribution in [2.75, 3.05) is 0 Å². The second-order valence-electron chi connectivity index (χ2n) is 3.31. The van der Waals surface area contributed by atoms with Gasteiger partial charge in [-0.2, -0.15) is 0 Å². The number of hydrogen-bond donors (Lipinski definition) is 0. The SMILES string of the molecule is O=[N+]([O-])c1cnn(CC2CCC2)n1. The summed E-state index contributed by atoms with van der Waals surface area (Å²) in [5, 5.41) is 17.8. The van der Waals surface area contributed by atoms with E-state index in [9.17, 15) is 10.1 Å². The third-order valence-corrected chi connectivity index (χ3v) is 2.36. The van der Waals surface area contributed by atoms with Gasteiger partial charge in [-0.15, -0.1) is 5.10 Å². The van der Waals surface area contributed by atoms with Crippen molar-refractivity contribution < 1.29 is 4.92 Å². The van der Waals surface area contributed by atoms with Crippen molar-refractivity contribution >= 4 is 5.82 Å². The molecule has 0 radical (unpaired) electrons. The van der Waals surface area contributed by atoms with Crippen LogP contribution < -0.4 is 0 Å². The summed E-state index contributed by atoms with van der Waals surface area (Å²) in [7, 11) is 0. The first-order valence-electron chi connectivity index (χ1n) is 4.30. The van der Waals surface area contributed by atoms with Gasteiger partial charge in [-0.3, -0.25) is 0 Å². The molecule has 0 aromatic carbocycles. The number of nitro groups is 1. The highest BCUT2D eigenvalue weighted by atomic mass is 16.6. The van der Waals surface area contributed by atoms with E-state index in [-0.39, 0.29) is 5.82 Å². The van der Waals surface area contributed by atoms with Gasteiger partial charge in [-0.05, 0) is 23.7 Å². The summed E-state index contributed by atoms with van der Waals surface area (Å²) in [6, 6.07) is 0. The summed E-state index contributed by atoms with van der Waals surface area (Å²) in [5.74, 6) is 0.450. The van der Waals surface area contributed by atoms with Crippen molar-refractivity contribution in [1.82, 2.24) is 15.0 Å². The minimum absolute atomic E-state index is 0.167. The Balaban J connectivity index is 2.00. The summed E-state index contributed by atoms with van der Waals surface area (Å²) in [5.41, 5.74) is 0. The Labute approximate surface area is 74.7 Å². The fraction of sp³-hybridized carbons (Fsp3) is 0.714. The van der Waals surface area contributed by atoms with Crippen molar-refractivity contribution in [1.29, 1.82) is 0 Å². The van der Waals surface area contributed by atoms with Gasteiger partial charge in [-0.25, -0.2) is 0 Å². The van der Waals surface area contributed by atoms with Crippen molar-refractivity contribution in [2.24, 2.45) is 5.92 Å². The quantitative estimate of drug-likeness (QED) is 0.516. The van der Waals surface area contributed by atoms with E-state index in [0.29, 0.717) is 12.5 Å². The first-order chi connectivity index (χ1) is 6.25. The topological polar surface area (TPSA) is 73.8 Å². The van der Waals surface area contributed by atoms with Crippen LogP contribution in [0.4, 0.5) is 5.82 Å². The average Bonchev–Trinajstić information content (AvgIpc) is 2.44. The predicted molar refractivity (Wildman–Crippen MR) is 44.0 cm³/mol. The predicted octanol–water partition coefficient (Wildman–Crippen LogP) is 0.986. The van der Waals surface area contributed by atoms with Crippen molar-refractivity contribution in [3.8, 4) is 0 Å². The molecule has 0 spiro atoms. The van der Waals surface area contributed by atoms with E-state index < -0.39 is 4.92 Å². The van der Waals surface area contributed by atoms with Crippen LogP contribution in [0.1, 0.15) is 19.3 Å². The van der Waals surface area contributed by atoms with Gasteiger partial charge in [0.15, 0.2) is 6.20 Å². The first kappa shape index (κ1) is 8.15. The molecule has 1 aromatic rings. The number of hydrogen-bond acceptors (Lipinski definition) is 4. The van der Waals surface area contributed by atoms with Gasteiger partial charge >= 0.3 is 5.82 Å². The summed E-state index contributed by atoms with van der Waals surface area (Å²) >= 11 is 0.